The van der Waals surface area contributed by atoms with Gasteiger partial charge in [-0.3, -0.25) is 0 Å². The molecule has 1 N–H and O–H groups in total. The van der Waals surface area contributed by atoms with Crippen LogP contribution in [0.5, 0.6) is 0 Å². The third-order valence-corrected chi connectivity index (χ3v) is 6.22. The molecule has 0 aliphatic rings. The van der Waals surface area contributed by atoms with E-state index in [-0.39, 0.29) is 6.04 Å². The minimum absolute atomic E-state index is 0.157. The molecule has 3 heterocycles. The van der Waals surface area contributed by atoms with Crippen LogP contribution in [0.4, 0.5) is 0 Å². The Morgan fingerprint density at radius 1 is 1.00 bits per heavy atom. The van der Waals surface area contributed by atoms with Crippen LogP contribution in [0.15, 0.2) is 61.2 Å². The van der Waals surface area contributed by atoms with Crippen LogP contribution in [-0.4, -0.2) is 39.7 Å². The van der Waals surface area contributed by atoms with Gasteiger partial charge in [0.05, 0.1) is 23.4 Å². The van der Waals surface area contributed by atoms with Gasteiger partial charge in [-0.25, -0.2) is 9.97 Å². The predicted octanol–water partition coefficient (Wildman–Crippen LogP) is 5.18. The summed E-state index contributed by atoms with van der Waals surface area (Å²) in [5.41, 5.74) is 5.13. The average Bonchev–Trinajstić information content (AvgIpc) is 3.61. The molecular weight excluding hydrogens is 412 g/mol. The molecule has 2 aromatic carbocycles. The van der Waals surface area contributed by atoms with Gasteiger partial charge in [0, 0.05) is 25.0 Å². The molecule has 0 saturated carbocycles. The Bertz CT molecular complexity index is 1330. The van der Waals surface area contributed by atoms with Gasteiger partial charge in [0.2, 0.25) is 5.82 Å². The van der Waals surface area contributed by atoms with Gasteiger partial charge >= 0.3 is 0 Å². The van der Waals surface area contributed by atoms with E-state index in [0.29, 0.717) is 5.82 Å². The average molecular weight is 441 g/mol. The summed E-state index contributed by atoms with van der Waals surface area (Å²) in [7, 11) is 2.06. The monoisotopic (exact) mass is 440 g/mol. The minimum atomic E-state index is 0.157. The van der Waals surface area contributed by atoms with E-state index >= 15 is 0 Å². The third kappa shape index (κ3) is 4.16. The van der Waals surface area contributed by atoms with Crippen molar-refractivity contribution >= 4 is 11.0 Å². The fourth-order valence-corrected chi connectivity index (χ4v) is 4.51. The van der Waals surface area contributed by atoms with Crippen LogP contribution < -0.4 is 0 Å². The van der Waals surface area contributed by atoms with Crippen molar-refractivity contribution in [1.82, 2.24) is 39.7 Å². The van der Waals surface area contributed by atoms with Crippen LogP contribution >= 0.6 is 0 Å². The number of fused-ring (bicyclic) bond motifs is 1. The van der Waals surface area contributed by atoms with E-state index in [1.54, 1.807) is 0 Å². The smallest absolute Gasteiger partial charge is 0.205 e. The van der Waals surface area contributed by atoms with Crippen LogP contribution in [0.3, 0.4) is 0 Å². The number of hydrogen-bond acceptors (Lipinski definition) is 5. The van der Waals surface area contributed by atoms with Gasteiger partial charge in [0.15, 0.2) is 0 Å². The normalized spacial score (nSPS) is 12.4. The summed E-state index contributed by atoms with van der Waals surface area (Å²) in [6.07, 6.45) is 11.8. The number of aromatic nitrogens is 8. The van der Waals surface area contributed by atoms with E-state index in [1.807, 2.05) is 36.9 Å². The highest BCUT2D eigenvalue weighted by molar-refractivity contribution is 5.87. The lowest BCUT2D eigenvalue weighted by molar-refractivity contribution is 0.476. The van der Waals surface area contributed by atoms with Gasteiger partial charge < -0.3 is 9.13 Å². The molecular formula is C25H28N8. The Balaban J connectivity index is 1.52. The molecule has 0 radical (unpaired) electrons. The number of imidazole rings is 2. The summed E-state index contributed by atoms with van der Waals surface area (Å²) in [5, 5.41) is 14.6. The van der Waals surface area contributed by atoms with Crippen molar-refractivity contribution in [1.29, 1.82) is 0 Å². The molecule has 0 aliphatic carbocycles. The molecule has 5 rings (SSSR count). The number of aromatic amines is 1. The second-order valence-electron chi connectivity index (χ2n) is 8.40. The zero-order chi connectivity index (χ0) is 22.6. The van der Waals surface area contributed by atoms with Crippen molar-refractivity contribution in [3.8, 4) is 22.5 Å². The standard InChI is InChI=1S/C25H28N8/c1-3-4-5-6-11-23(25-26-14-15-32(25)2)33-17-27-21-16-18(12-13-22(21)33)19-9-7-8-10-20(19)24-28-30-31-29-24/h7-10,12-17,23H,3-6,11H2,1-2H3,(H,28,29,30,31). The lowest BCUT2D eigenvalue weighted by Gasteiger charge is -2.19. The lowest BCUT2D eigenvalue weighted by Crippen LogP contribution is -2.14. The first kappa shape index (κ1) is 21.1. The van der Waals surface area contributed by atoms with Crippen molar-refractivity contribution in [2.75, 3.05) is 0 Å². The van der Waals surface area contributed by atoms with Crippen molar-refractivity contribution in [3.63, 3.8) is 0 Å². The summed E-state index contributed by atoms with van der Waals surface area (Å²) < 4.78 is 4.39. The number of nitrogens with zero attached hydrogens (tertiary/aromatic N) is 7. The summed E-state index contributed by atoms with van der Waals surface area (Å²) in [5.74, 6) is 1.65. The van der Waals surface area contributed by atoms with Crippen molar-refractivity contribution in [2.24, 2.45) is 7.05 Å². The van der Waals surface area contributed by atoms with Gasteiger partial charge in [-0.1, -0.05) is 62.9 Å². The summed E-state index contributed by atoms with van der Waals surface area (Å²) >= 11 is 0. The number of rotatable bonds is 9. The summed E-state index contributed by atoms with van der Waals surface area (Å²) in [6.45, 7) is 2.24. The highest BCUT2D eigenvalue weighted by atomic mass is 15.5. The number of aryl methyl sites for hydroxylation is 1. The highest BCUT2D eigenvalue weighted by Gasteiger charge is 2.20. The largest absolute Gasteiger partial charge is 0.336 e. The van der Waals surface area contributed by atoms with Crippen LogP contribution in [0.25, 0.3) is 33.5 Å². The van der Waals surface area contributed by atoms with Crippen molar-refractivity contribution in [3.05, 3.63) is 67.0 Å². The molecule has 0 saturated heterocycles. The number of nitrogens with one attached hydrogen (secondary N) is 1. The van der Waals surface area contributed by atoms with Crippen molar-refractivity contribution < 1.29 is 0 Å². The van der Waals surface area contributed by atoms with E-state index in [2.05, 4.69) is 73.0 Å². The topological polar surface area (TPSA) is 90.1 Å². The third-order valence-electron chi connectivity index (χ3n) is 6.22. The maximum absolute atomic E-state index is 4.78. The van der Waals surface area contributed by atoms with E-state index in [1.165, 1.54) is 25.7 Å². The lowest BCUT2D eigenvalue weighted by atomic mass is 9.99. The fourth-order valence-electron chi connectivity index (χ4n) is 4.51. The van der Waals surface area contributed by atoms with Gasteiger partial charge in [0.25, 0.3) is 0 Å². The maximum Gasteiger partial charge on any atom is 0.205 e. The second-order valence-corrected chi connectivity index (χ2v) is 8.40. The molecule has 5 aromatic rings. The fraction of sp³-hybridized carbons (Fsp3) is 0.320. The molecule has 0 fully saturated rings. The molecule has 0 bridgehead atoms. The zero-order valence-corrected chi connectivity index (χ0v) is 19.0. The molecule has 168 valence electrons. The number of benzene rings is 2. The van der Waals surface area contributed by atoms with Crippen LogP contribution in [-0.2, 0) is 7.05 Å². The Morgan fingerprint density at radius 3 is 2.64 bits per heavy atom. The first-order chi connectivity index (χ1) is 16.3. The molecule has 0 spiro atoms. The number of unbranched alkanes of at least 4 members (excludes halogenated alkanes) is 3. The van der Waals surface area contributed by atoms with Gasteiger partial charge in [-0.2, -0.15) is 5.21 Å². The van der Waals surface area contributed by atoms with Crippen LogP contribution in [0.1, 0.15) is 50.9 Å². The SMILES string of the molecule is CCCCCCC(c1nccn1C)n1cnc2cc(-c3ccccc3-c3nn[nH]n3)ccc21. The zero-order valence-electron chi connectivity index (χ0n) is 19.0. The molecule has 0 amide bonds. The quantitative estimate of drug-likeness (QED) is 0.319. The molecule has 0 aliphatic heterocycles. The first-order valence-corrected chi connectivity index (χ1v) is 11.5. The van der Waals surface area contributed by atoms with E-state index < -0.39 is 0 Å². The summed E-state index contributed by atoms with van der Waals surface area (Å²) in [4.78, 5) is 9.45. The minimum Gasteiger partial charge on any atom is -0.336 e. The van der Waals surface area contributed by atoms with E-state index in [9.17, 15) is 0 Å². The number of tetrazole rings is 1. The highest BCUT2D eigenvalue weighted by Crippen LogP contribution is 2.33. The Hall–Kier alpha value is -3.81. The predicted molar refractivity (Wildman–Crippen MR) is 128 cm³/mol. The number of H-pyrrole nitrogens is 1. The number of hydrogen-bond donors (Lipinski definition) is 1. The Kier molecular flexibility index (Phi) is 5.97. The van der Waals surface area contributed by atoms with Crippen molar-refractivity contribution in [2.45, 2.75) is 45.1 Å². The van der Waals surface area contributed by atoms with Crippen LogP contribution in [0.2, 0.25) is 0 Å². The van der Waals surface area contributed by atoms with E-state index in [0.717, 1.165) is 40.0 Å². The van der Waals surface area contributed by atoms with Gasteiger partial charge in [-0.15, -0.1) is 10.2 Å². The summed E-state index contributed by atoms with van der Waals surface area (Å²) in [6, 6.07) is 14.7. The Labute approximate surface area is 192 Å². The van der Waals surface area contributed by atoms with Crippen LogP contribution in [0, 0.1) is 0 Å². The molecule has 3 aromatic heterocycles. The molecule has 1 unspecified atom stereocenters. The Morgan fingerprint density at radius 2 is 1.88 bits per heavy atom. The van der Waals surface area contributed by atoms with Gasteiger partial charge in [-0.05, 0) is 34.9 Å². The molecule has 8 heteroatoms. The van der Waals surface area contributed by atoms with E-state index in [4.69, 9.17) is 4.98 Å². The maximum atomic E-state index is 4.78. The second kappa shape index (κ2) is 9.36. The molecule has 1 atom stereocenters. The molecule has 8 nitrogen and oxygen atoms in total. The van der Waals surface area contributed by atoms with Gasteiger partial charge in [0.1, 0.15) is 5.82 Å². The first-order valence-electron chi connectivity index (χ1n) is 11.5. The molecule has 33 heavy (non-hydrogen) atoms.